The maximum absolute atomic E-state index is 11.9. The second kappa shape index (κ2) is 9.90. The minimum absolute atomic E-state index is 0.0497. The standard InChI is InChI=1S/C19H21NO3S/c1-15(21)24-14-19(22)17-7-9-18(10-8-17)23-12-11-20-13-16-5-3-2-4-6-16/h2-10,20H,11-14H2,1H3. The van der Waals surface area contributed by atoms with E-state index in [-0.39, 0.29) is 16.7 Å². The number of benzene rings is 2. The molecule has 1 N–H and O–H groups in total. The van der Waals surface area contributed by atoms with E-state index in [0.717, 1.165) is 30.6 Å². The Kier molecular flexibility index (Phi) is 7.52. The van der Waals surface area contributed by atoms with Gasteiger partial charge in [0.05, 0.1) is 5.75 Å². The van der Waals surface area contributed by atoms with Crippen molar-refractivity contribution in [2.75, 3.05) is 18.9 Å². The molecule has 0 unspecified atom stereocenters. The van der Waals surface area contributed by atoms with Crippen LogP contribution in [-0.2, 0) is 11.3 Å². The van der Waals surface area contributed by atoms with Gasteiger partial charge in [-0.05, 0) is 29.8 Å². The molecule has 5 heteroatoms. The van der Waals surface area contributed by atoms with Crippen LogP contribution in [0, 0.1) is 0 Å². The third-order valence-electron chi connectivity index (χ3n) is 3.30. The normalized spacial score (nSPS) is 10.4. The summed E-state index contributed by atoms with van der Waals surface area (Å²) in [7, 11) is 0. The van der Waals surface area contributed by atoms with Crippen molar-refractivity contribution >= 4 is 22.7 Å². The first-order chi connectivity index (χ1) is 11.6. The van der Waals surface area contributed by atoms with Crippen molar-refractivity contribution in [3.05, 3.63) is 65.7 Å². The average molecular weight is 343 g/mol. The van der Waals surface area contributed by atoms with E-state index in [9.17, 15) is 9.59 Å². The van der Waals surface area contributed by atoms with Crippen molar-refractivity contribution in [2.24, 2.45) is 0 Å². The molecule has 0 fully saturated rings. The Balaban J connectivity index is 1.68. The fourth-order valence-corrected chi connectivity index (χ4v) is 2.56. The van der Waals surface area contributed by atoms with Gasteiger partial charge in [-0.3, -0.25) is 9.59 Å². The highest BCUT2D eigenvalue weighted by Crippen LogP contribution is 2.14. The van der Waals surface area contributed by atoms with Gasteiger partial charge in [0.2, 0.25) is 0 Å². The molecule has 2 aromatic rings. The minimum Gasteiger partial charge on any atom is -0.492 e. The predicted molar refractivity (Wildman–Crippen MR) is 97.6 cm³/mol. The molecular formula is C19H21NO3S. The SMILES string of the molecule is CC(=O)SCC(=O)c1ccc(OCCNCc2ccccc2)cc1. The van der Waals surface area contributed by atoms with Gasteiger partial charge in [0.15, 0.2) is 10.9 Å². The van der Waals surface area contributed by atoms with E-state index in [1.54, 1.807) is 24.3 Å². The van der Waals surface area contributed by atoms with Crippen molar-refractivity contribution in [3.63, 3.8) is 0 Å². The molecule has 0 heterocycles. The number of thioether (sulfide) groups is 1. The van der Waals surface area contributed by atoms with E-state index in [2.05, 4.69) is 17.4 Å². The number of rotatable bonds is 9. The molecule has 2 rings (SSSR count). The predicted octanol–water partition coefficient (Wildman–Crippen LogP) is 3.32. The fourth-order valence-electron chi connectivity index (χ4n) is 2.06. The molecule has 126 valence electrons. The maximum Gasteiger partial charge on any atom is 0.186 e. The lowest BCUT2D eigenvalue weighted by Crippen LogP contribution is -2.20. The molecule has 0 aromatic heterocycles. The largest absolute Gasteiger partial charge is 0.492 e. The van der Waals surface area contributed by atoms with Gasteiger partial charge in [-0.25, -0.2) is 0 Å². The Morgan fingerprint density at radius 3 is 2.42 bits per heavy atom. The highest BCUT2D eigenvalue weighted by atomic mass is 32.2. The quantitative estimate of drug-likeness (QED) is 0.559. The summed E-state index contributed by atoms with van der Waals surface area (Å²) in [5, 5.41) is 3.27. The molecule has 4 nitrogen and oxygen atoms in total. The van der Waals surface area contributed by atoms with Gasteiger partial charge in [-0.2, -0.15) is 0 Å². The fraction of sp³-hybridized carbons (Fsp3) is 0.263. The first-order valence-electron chi connectivity index (χ1n) is 7.79. The first kappa shape index (κ1) is 18.2. The lowest BCUT2D eigenvalue weighted by Gasteiger charge is -2.08. The molecule has 0 saturated heterocycles. The van der Waals surface area contributed by atoms with Gasteiger partial charge in [0.25, 0.3) is 0 Å². The monoisotopic (exact) mass is 343 g/mol. The zero-order valence-electron chi connectivity index (χ0n) is 13.7. The smallest absolute Gasteiger partial charge is 0.186 e. The molecule has 0 aliphatic heterocycles. The second-order valence-corrected chi connectivity index (χ2v) is 6.39. The number of carbonyl (C=O) groups is 2. The van der Waals surface area contributed by atoms with Crippen LogP contribution in [-0.4, -0.2) is 29.8 Å². The second-order valence-electron chi connectivity index (χ2n) is 5.24. The molecule has 0 radical (unpaired) electrons. The molecule has 0 aliphatic rings. The average Bonchev–Trinajstić information content (AvgIpc) is 2.61. The van der Waals surface area contributed by atoms with E-state index >= 15 is 0 Å². The van der Waals surface area contributed by atoms with Crippen LogP contribution in [0.4, 0.5) is 0 Å². The number of carbonyl (C=O) groups excluding carboxylic acids is 2. The number of nitrogens with one attached hydrogen (secondary N) is 1. The van der Waals surface area contributed by atoms with Crippen molar-refractivity contribution < 1.29 is 14.3 Å². The zero-order chi connectivity index (χ0) is 17.2. The van der Waals surface area contributed by atoms with E-state index in [0.29, 0.717) is 12.2 Å². The lowest BCUT2D eigenvalue weighted by atomic mass is 10.1. The number of hydrogen-bond acceptors (Lipinski definition) is 5. The Bertz CT molecular complexity index is 656. The first-order valence-corrected chi connectivity index (χ1v) is 8.78. The van der Waals surface area contributed by atoms with E-state index < -0.39 is 0 Å². The van der Waals surface area contributed by atoms with E-state index in [1.165, 1.54) is 12.5 Å². The molecule has 2 aromatic carbocycles. The van der Waals surface area contributed by atoms with Crippen molar-refractivity contribution in [1.82, 2.24) is 5.32 Å². The highest BCUT2D eigenvalue weighted by molar-refractivity contribution is 8.14. The van der Waals surface area contributed by atoms with Crippen LogP contribution in [0.15, 0.2) is 54.6 Å². The summed E-state index contributed by atoms with van der Waals surface area (Å²) in [6, 6.07) is 17.2. The summed E-state index contributed by atoms with van der Waals surface area (Å²) in [5.74, 6) is 0.859. The van der Waals surface area contributed by atoms with E-state index in [1.807, 2.05) is 18.2 Å². The highest BCUT2D eigenvalue weighted by Gasteiger charge is 2.07. The van der Waals surface area contributed by atoms with Crippen LogP contribution in [0.2, 0.25) is 0 Å². The van der Waals surface area contributed by atoms with Gasteiger partial charge >= 0.3 is 0 Å². The summed E-state index contributed by atoms with van der Waals surface area (Å²) in [5.41, 5.74) is 1.84. The topological polar surface area (TPSA) is 55.4 Å². The summed E-state index contributed by atoms with van der Waals surface area (Å²) in [4.78, 5) is 22.8. The molecule has 0 spiro atoms. The molecule has 0 atom stereocenters. The van der Waals surface area contributed by atoms with Gasteiger partial charge in [0, 0.05) is 25.6 Å². The summed E-state index contributed by atoms with van der Waals surface area (Å²) in [6.45, 7) is 3.57. The van der Waals surface area contributed by atoms with Crippen molar-refractivity contribution in [3.8, 4) is 5.75 Å². The van der Waals surface area contributed by atoms with Crippen LogP contribution in [0.25, 0.3) is 0 Å². The van der Waals surface area contributed by atoms with E-state index in [4.69, 9.17) is 4.74 Å². The van der Waals surface area contributed by atoms with Gasteiger partial charge in [-0.1, -0.05) is 42.1 Å². The van der Waals surface area contributed by atoms with Crippen LogP contribution >= 0.6 is 11.8 Å². The summed E-state index contributed by atoms with van der Waals surface area (Å²) < 4.78 is 5.64. The van der Waals surface area contributed by atoms with Crippen LogP contribution in [0.3, 0.4) is 0 Å². The van der Waals surface area contributed by atoms with Gasteiger partial charge < -0.3 is 10.1 Å². The minimum atomic E-state index is -0.0497. The molecule has 24 heavy (non-hydrogen) atoms. The number of Topliss-reactive ketones (excluding diaryl/α,β-unsaturated/α-hetero) is 1. The Morgan fingerprint density at radius 1 is 1.04 bits per heavy atom. The van der Waals surface area contributed by atoms with Crippen molar-refractivity contribution in [2.45, 2.75) is 13.5 Å². The molecule has 0 saturated carbocycles. The Labute approximate surface area is 146 Å². The van der Waals surface area contributed by atoms with Crippen LogP contribution in [0.1, 0.15) is 22.8 Å². The Hall–Kier alpha value is -2.11. The number of ketones is 1. The maximum atomic E-state index is 11.9. The molecule has 0 amide bonds. The third-order valence-corrected chi connectivity index (χ3v) is 4.12. The summed E-state index contributed by atoms with van der Waals surface area (Å²) in [6.07, 6.45) is 0. The molecule has 0 bridgehead atoms. The van der Waals surface area contributed by atoms with Crippen LogP contribution < -0.4 is 10.1 Å². The molecular weight excluding hydrogens is 322 g/mol. The number of ether oxygens (including phenoxy) is 1. The third kappa shape index (κ3) is 6.56. The van der Waals surface area contributed by atoms with Gasteiger partial charge in [-0.15, -0.1) is 0 Å². The summed E-state index contributed by atoms with van der Waals surface area (Å²) >= 11 is 1.03. The Morgan fingerprint density at radius 2 is 1.75 bits per heavy atom. The van der Waals surface area contributed by atoms with Crippen molar-refractivity contribution in [1.29, 1.82) is 0 Å². The van der Waals surface area contributed by atoms with Gasteiger partial charge in [0.1, 0.15) is 12.4 Å². The zero-order valence-corrected chi connectivity index (χ0v) is 14.5. The van der Waals surface area contributed by atoms with Crippen LogP contribution in [0.5, 0.6) is 5.75 Å². The number of hydrogen-bond donors (Lipinski definition) is 1. The lowest BCUT2D eigenvalue weighted by molar-refractivity contribution is -0.109. The molecule has 0 aliphatic carbocycles.